The smallest absolute Gasteiger partial charge is 0.335 e. The first-order chi connectivity index (χ1) is 9.36. The summed E-state index contributed by atoms with van der Waals surface area (Å²) >= 11 is 0. The molecule has 0 amide bonds. The molecule has 1 aromatic carbocycles. The summed E-state index contributed by atoms with van der Waals surface area (Å²) in [7, 11) is -4.00. The summed E-state index contributed by atoms with van der Waals surface area (Å²) < 4.78 is 39.8. The Hall–Kier alpha value is -1.47. The molecule has 5 nitrogen and oxygen atoms in total. The standard InChI is InChI=1S/C13H16FNO4S/c1-2-15(8-9-3-4-9)20(18,19)12-7-10(13(16)17)5-6-11(12)14/h5-7,9H,2-4,8H2,1H3,(H,16,17). The average molecular weight is 301 g/mol. The number of carbonyl (C=O) groups is 1. The van der Waals surface area contributed by atoms with Gasteiger partial charge in [0.25, 0.3) is 0 Å². The van der Waals surface area contributed by atoms with Crippen LogP contribution in [-0.2, 0) is 10.0 Å². The first-order valence-corrected chi connectivity index (χ1v) is 7.83. The summed E-state index contributed by atoms with van der Waals surface area (Å²) in [6.07, 6.45) is 1.95. The lowest BCUT2D eigenvalue weighted by Gasteiger charge is -2.20. The lowest BCUT2D eigenvalue weighted by atomic mass is 10.2. The highest BCUT2D eigenvalue weighted by Crippen LogP contribution is 2.32. The molecule has 2 rings (SSSR count). The van der Waals surface area contributed by atoms with Gasteiger partial charge in [-0.25, -0.2) is 17.6 Å². The Balaban J connectivity index is 2.40. The number of benzene rings is 1. The number of hydrogen-bond donors (Lipinski definition) is 1. The van der Waals surface area contributed by atoms with Crippen LogP contribution < -0.4 is 0 Å². The number of carboxylic acids is 1. The molecule has 1 fully saturated rings. The van der Waals surface area contributed by atoms with Gasteiger partial charge in [0.15, 0.2) is 0 Å². The lowest BCUT2D eigenvalue weighted by molar-refractivity contribution is 0.0696. The molecule has 0 atom stereocenters. The summed E-state index contributed by atoms with van der Waals surface area (Å²) in [5.41, 5.74) is -0.243. The Morgan fingerprint density at radius 1 is 1.45 bits per heavy atom. The summed E-state index contributed by atoms with van der Waals surface area (Å²) in [4.78, 5) is 10.3. The van der Waals surface area contributed by atoms with E-state index in [2.05, 4.69) is 0 Å². The van der Waals surface area contributed by atoms with Gasteiger partial charge in [0.1, 0.15) is 10.7 Å². The van der Waals surface area contributed by atoms with Crippen molar-refractivity contribution in [1.29, 1.82) is 0 Å². The van der Waals surface area contributed by atoms with Gasteiger partial charge < -0.3 is 5.11 Å². The Kier molecular flexibility index (Phi) is 4.10. The van der Waals surface area contributed by atoms with E-state index >= 15 is 0 Å². The zero-order valence-electron chi connectivity index (χ0n) is 11.0. The van der Waals surface area contributed by atoms with Crippen molar-refractivity contribution in [3.8, 4) is 0 Å². The second-order valence-corrected chi connectivity index (χ2v) is 6.76. The molecule has 20 heavy (non-hydrogen) atoms. The highest BCUT2D eigenvalue weighted by Gasteiger charge is 2.32. The number of halogens is 1. The zero-order chi connectivity index (χ0) is 14.9. The van der Waals surface area contributed by atoms with Gasteiger partial charge in [0.05, 0.1) is 5.56 Å². The van der Waals surface area contributed by atoms with Gasteiger partial charge in [-0.3, -0.25) is 0 Å². The minimum Gasteiger partial charge on any atom is -0.478 e. The molecule has 0 unspecified atom stereocenters. The molecule has 1 N–H and O–H groups in total. The minimum absolute atomic E-state index is 0.232. The van der Waals surface area contributed by atoms with Crippen LogP contribution >= 0.6 is 0 Å². The van der Waals surface area contributed by atoms with Crippen molar-refractivity contribution in [1.82, 2.24) is 4.31 Å². The quantitative estimate of drug-likeness (QED) is 0.871. The van der Waals surface area contributed by atoms with Crippen LogP contribution in [0.3, 0.4) is 0 Å². The number of hydrogen-bond acceptors (Lipinski definition) is 3. The summed E-state index contributed by atoms with van der Waals surface area (Å²) in [6, 6.07) is 2.80. The van der Waals surface area contributed by atoms with E-state index in [0.717, 1.165) is 31.0 Å². The van der Waals surface area contributed by atoms with Crippen molar-refractivity contribution in [3.05, 3.63) is 29.6 Å². The summed E-state index contributed by atoms with van der Waals surface area (Å²) in [5, 5.41) is 8.89. The Bertz CT molecular complexity index is 625. The fraction of sp³-hybridized carbons (Fsp3) is 0.462. The van der Waals surface area contributed by atoms with Crippen molar-refractivity contribution in [2.45, 2.75) is 24.7 Å². The van der Waals surface area contributed by atoms with Crippen LogP contribution in [-0.4, -0.2) is 36.9 Å². The highest BCUT2D eigenvalue weighted by atomic mass is 32.2. The second kappa shape index (κ2) is 5.49. The molecule has 0 radical (unpaired) electrons. The molecule has 0 saturated heterocycles. The summed E-state index contributed by atoms with van der Waals surface area (Å²) in [5.74, 6) is -1.88. The first kappa shape index (κ1) is 14.9. The topological polar surface area (TPSA) is 74.7 Å². The van der Waals surface area contributed by atoms with E-state index in [4.69, 9.17) is 5.11 Å². The van der Waals surface area contributed by atoms with Gasteiger partial charge in [0, 0.05) is 13.1 Å². The van der Waals surface area contributed by atoms with Crippen LogP contribution in [0, 0.1) is 11.7 Å². The molecule has 0 aliphatic heterocycles. The van der Waals surface area contributed by atoms with E-state index in [9.17, 15) is 17.6 Å². The van der Waals surface area contributed by atoms with Crippen LogP contribution in [0.5, 0.6) is 0 Å². The fourth-order valence-corrected chi connectivity index (χ4v) is 3.57. The van der Waals surface area contributed by atoms with Crippen molar-refractivity contribution in [3.63, 3.8) is 0 Å². The first-order valence-electron chi connectivity index (χ1n) is 6.39. The highest BCUT2D eigenvalue weighted by molar-refractivity contribution is 7.89. The van der Waals surface area contributed by atoms with E-state index in [1.165, 1.54) is 4.31 Å². The Labute approximate surface area is 117 Å². The van der Waals surface area contributed by atoms with Crippen LogP contribution in [0.4, 0.5) is 4.39 Å². The van der Waals surface area contributed by atoms with E-state index < -0.39 is 26.7 Å². The maximum absolute atomic E-state index is 13.8. The van der Waals surface area contributed by atoms with Crippen LogP contribution in [0.25, 0.3) is 0 Å². The molecule has 1 aromatic rings. The third kappa shape index (κ3) is 2.99. The Morgan fingerprint density at radius 3 is 2.60 bits per heavy atom. The van der Waals surface area contributed by atoms with Gasteiger partial charge in [-0.05, 0) is 37.0 Å². The second-order valence-electron chi connectivity index (χ2n) is 4.85. The van der Waals surface area contributed by atoms with Gasteiger partial charge in [-0.1, -0.05) is 6.92 Å². The molecule has 0 aromatic heterocycles. The fourth-order valence-electron chi connectivity index (χ4n) is 1.96. The lowest BCUT2D eigenvalue weighted by Crippen LogP contribution is -2.33. The molecular weight excluding hydrogens is 285 g/mol. The zero-order valence-corrected chi connectivity index (χ0v) is 11.9. The average Bonchev–Trinajstić information content (AvgIpc) is 3.19. The number of rotatable bonds is 6. The number of carboxylic acid groups (broad SMARTS) is 1. The molecular formula is C13H16FNO4S. The maximum Gasteiger partial charge on any atom is 0.335 e. The number of sulfonamides is 1. The molecule has 0 bridgehead atoms. The monoisotopic (exact) mass is 301 g/mol. The van der Waals surface area contributed by atoms with Gasteiger partial charge >= 0.3 is 5.97 Å². The van der Waals surface area contributed by atoms with Gasteiger partial charge in [0.2, 0.25) is 10.0 Å². The predicted molar refractivity (Wildman–Crippen MR) is 70.5 cm³/mol. The predicted octanol–water partition coefficient (Wildman–Crippen LogP) is 1.94. The molecule has 1 saturated carbocycles. The van der Waals surface area contributed by atoms with Crippen molar-refractivity contribution in [2.75, 3.05) is 13.1 Å². The Morgan fingerprint density at radius 2 is 2.10 bits per heavy atom. The molecule has 0 heterocycles. The van der Waals surface area contributed by atoms with Crippen molar-refractivity contribution >= 4 is 16.0 Å². The van der Waals surface area contributed by atoms with Gasteiger partial charge in [-0.2, -0.15) is 4.31 Å². The van der Waals surface area contributed by atoms with Crippen LogP contribution in [0.1, 0.15) is 30.1 Å². The normalized spacial score (nSPS) is 15.6. The van der Waals surface area contributed by atoms with Gasteiger partial charge in [-0.15, -0.1) is 0 Å². The number of aromatic carboxylic acids is 1. The third-order valence-corrected chi connectivity index (χ3v) is 5.26. The van der Waals surface area contributed by atoms with E-state index in [1.54, 1.807) is 6.92 Å². The van der Waals surface area contributed by atoms with Crippen molar-refractivity contribution in [2.24, 2.45) is 5.92 Å². The molecule has 0 spiro atoms. The van der Waals surface area contributed by atoms with Crippen LogP contribution in [0.2, 0.25) is 0 Å². The summed E-state index contributed by atoms with van der Waals surface area (Å²) in [6.45, 7) is 2.27. The SMILES string of the molecule is CCN(CC1CC1)S(=O)(=O)c1cc(C(=O)O)ccc1F. The van der Waals surface area contributed by atoms with E-state index in [-0.39, 0.29) is 12.1 Å². The molecule has 1 aliphatic rings. The van der Waals surface area contributed by atoms with Crippen LogP contribution in [0.15, 0.2) is 23.1 Å². The van der Waals surface area contributed by atoms with Crippen molar-refractivity contribution < 1.29 is 22.7 Å². The van der Waals surface area contributed by atoms with E-state index in [1.807, 2.05) is 0 Å². The maximum atomic E-state index is 13.8. The van der Waals surface area contributed by atoms with E-state index in [0.29, 0.717) is 12.5 Å². The number of nitrogens with zero attached hydrogens (tertiary/aromatic N) is 1. The largest absolute Gasteiger partial charge is 0.478 e. The molecule has 1 aliphatic carbocycles. The third-order valence-electron chi connectivity index (χ3n) is 3.31. The molecule has 7 heteroatoms. The molecule has 110 valence electrons. The minimum atomic E-state index is -4.00.